The Morgan fingerprint density at radius 3 is 2.14 bits per heavy atom. The molecule has 0 saturated carbocycles. The van der Waals surface area contributed by atoms with Crippen LogP contribution in [0.3, 0.4) is 0 Å². The highest BCUT2D eigenvalue weighted by atomic mass is 16.6. The fourth-order valence-electron chi connectivity index (χ4n) is 2.78. The summed E-state index contributed by atoms with van der Waals surface area (Å²) in [5.74, 6) is 0.0899. The van der Waals surface area contributed by atoms with Crippen molar-refractivity contribution >= 4 is 12.0 Å². The molecule has 2 saturated heterocycles. The zero-order valence-corrected chi connectivity index (χ0v) is 14.0. The zero-order chi connectivity index (χ0) is 16.2. The highest BCUT2D eigenvalue weighted by Crippen LogP contribution is 2.17. The standard InChI is InChI=1S/C16H28N2O4/c1-16(2,3)22-15(20)18-10-6-13(7-11-18)21-12-14(19)17-8-4-5-9-17/h13H,4-12H2,1-3H3. The summed E-state index contributed by atoms with van der Waals surface area (Å²) in [5, 5.41) is 0. The number of likely N-dealkylation sites (tertiary alicyclic amines) is 2. The lowest BCUT2D eigenvalue weighted by Gasteiger charge is -2.33. The van der Waals surface area contributed by atoms with E-state index in [1.54, 1.807) is 4.90 Å². The monoisotopic (exact) mass is 312 g/mol. The highest BCUT2D eigenvalue weighted by Gasteiger charge is 2.28. The molecule has 2 aliphatic heterocycles. The molecule has 126 valence electrons. The third-order valence-electron chi connectivity index (χ3n) is 3.99. The molecule has 0 unspecified atom stereocenters. The van der Waals surface area contributed by atoms with Crippen LogP contribution in [0.1, 0.15) is 46.5 Å². The van der Waals surface area contributed by atoms with Crippen molar-refractivity contribution in [2.45, 2.75) is 58.2 Å². The van der Waals surface area contributed by atoms with E-state index in [0.717, 1.165) is 38.8 Å². The van der Waals surface area contributed by atoms with Crippen molar-refractivity contribution < 1.29 is 19.1 Å². The van der Waals surface area contributed by atoms with Crippen LogP contribution in [0, 0.1) is 0 Å². The van der Waals surface area contributed by atoms with Gasteiger partial charge in [-0.1, -0.05) is 0 Å². The Bertz CT molecular complexity index is 391. The first-order valence-corrected chi connectivity index (χ1v) is 8.22. The number of ether oxygens (including phenoxy) is 2. The molecule has 6 nitrogen and oxygen atoms in total. The van der Waals surface area contributed by atoms with E-state index in [9.17, 15) is 9.59 Å². The average molecular weight is 312 g/mol. The second-order valence-electron chi connectivity index (χ2n) is 7.07. The van der Waals surface area contributed by atoms with E-state index in [1.165, 1.54) is 0 Å². The average Bonchev–Trinajstić information content (AvgIpc) is 2.97. The van der Waals surface area contributed by atoms with Crippen LogP contribution in [0.5, 0.6) is 0 Å². The van der Waals surface area contributed by atoms with Crippen LogP contribution in [-0.2, 0) is 14.3 Å². The Labute approximate surface area is 132 Å². The topological polar surface area (TPSA) is 59.1 Å². The van der Waals surface area contributed by atoms with Crippen LogP contribution >= 0.6 is 0 Å². The molecule has 0 aromatic rings. The SMILES string of the molecule is CC(C)(C)OC(=O)N1CCC(OCC(=O)N2CCCC2)CC1. The van der Waals surface area contributed by atoms with Gasteiger partial charge in [0.15, 0.2) is 0 Å². The summed E-state index contributed by atoms with van der Waals surface area (Å²) in [7, 11) is 0. The van der Waals surface area contributed by atoms with Gasteiger partial charge in [-0.25, -0.2) is 4.79 Å². The molecule has 0 N–H and O–H groups in total. The molecule has 0 spiro atoms. The summed E-state index contributed by atoms with van der Waals surface area (Å²) in [6, 6.07) is 0. The lowest BCUT2D eigenvalue weighted by molar-refractivity contribution is -0.138. The van der Waals surface area contributed by atoms with E-state index in [1.807, 2.05) is 25.7 Å². The maximum absolute atomic E-state index is 12.0. The van der Waals surface area contributed by atoms with E-state index in [0.29, 0.717) is 13.1 Å². The van der Waals surface area contributed by atoms with E-state index in [4.69, 9.17) is 9.47 Å². The first-order chi connectivity index (χ1) is 10.3. The first kappa shape index (κ1) is 17.1. The van der Waals surface area contributed by atoms with Gasteiger partial charge in [0, 0.05) is 26.2 Å². The minimum absolute atomic E-state index is 0.0604. The van der Waals surface area contributed by atoms with E-state index < -0.39 is 5.60 Å². The Morgan fingerprint density at radius 1 is 1.00 bits per heavy atom. The molecule has 2 heterocycles. The summed E-state index contributed by atoms with van der Waals surface area (Å²) in [5.41, 5.74) is -0.466. The number of hydrogen-bond donors (Lipinski definition) is 0. The van der Waals surface area contributed by atoms with Gasteiger partial charge in [0.2, 0.25) is 5.91 Å². The molecule has 0 radical (unpaired) electrons. The van der Waals surface area contributed by atoms with Gasteiger partial charge >= 0.3 is 6.09 Å². The molecule has 2 rings (SSSR count). The number of carbonyl (C=O) groups is 2. The molecule has 0 aromatic heterocycles. The van der Waals surface area contributed by atoms with Gasteiger partial charge in [-0.15, -0.1) is 0 Å². The smallest absolute Gasteiger partial charge is 0.410 e. The predicted molar refractivity (Wildman–Crippen MR) is 82.6 cm³/mol. The molecule has 2 fully saturated rings. The van der Waals surface area contributed by atoms with Crippen molar-refractivity contribution in [3.63, 3.8) is 0 Å². The molecular formula is C16H28N2O4. The summed E-state index contributed by atoms with van der Waals surface area (Å²) in [4.78, 5) is 27.5. The molecule has 6 heteroatoms. The summed E-state index contributed by atoms with van der Waals surface area (Å²) in [6.07, 6.45) is 3.50. The van der Waals surface area contributed by atoms with Gasteiger partial charge < -0.3 is 19.3 Å². The molecular weight excluding hydrogens is 284 g/mol. The summed E-state index contributed by atoms with van der Waals surface area (Å²) >= 11 is 0. The van der Waals surface area contributed by atoms with Gasteiger partial charge in [0.05, 0.1) is 6.10 Å². The van der Waals surface area contributed by atoms with Crippen molar-refractivity contribution in [1.29, 1.82) is 0 Å². The number of piperidine rings is 1. The normalized spacial score (nSPS) is 20.3. The van der Waals surface area contributed by atoms with Crippen LogP contribution in [0.15, 0.2) is 0 Å². The fraction of sp³-hybridized carbons (Fsp3) is 0.875. The molecule has 2 aliphatic rings. The van der Waals surface area contributed by atoms with Crippen LogP contribution in [0.25, 0.3) is 0 Å². The quantitative estimate of drug-likeness (QED) is 0.800. The summed E-state index contributed by atoms with van der Waals surface area (Å²) in [6.45, 7) is 8.73. The van der Waals surface area contributed by atoms with Gasteiger partial charge in [0.25, 0.3) is 0 Å². The third kappa shape index (κ3) is 5.16. The number of rotatable bonds is 3. The lowest BCUT2D eigenvalue weighted by atomic mass is 10.1. The van der Waals surface area contributed by atoms with Crippen LogP contribution in [-0.4, -0.2) is 66.3 Å². The third-order valence-corrected chi connectivity index (χ3v) is 3.99. The maximum Gasteiger partial charge on any atom is 0.410 e. The molecule has 0 aliphatic carbocycles. The summed E-state index contributed by atoms with van der Waals surface area (Å²) < 4.78 is 11.1. The second kappa shape index (κ2) is 7.31. The Kier molecular flexibility index (Phi) is 5.67. The van der Waals surface area contributed by atoms with Crippen molar-refractivity contribution in [2.75, 3.05) is 32.8 Å². The van der Waals surface area contributed by atoms with Gasteiger partial charge in [-0.2, -0.15) is 0 Å². The van der Waals surface area contributed by atoms with Crippen molar-refractivity contribution in [3.8, 4) is 0 Å². The molecule has 2 amide bonds. The largest absolute Gasteiger partial charge is 0.444 e. The lowest BCUT2D eigenvalue weighted by Crippen LogP contribution is -2.44. The Morgan fingerprint density at radius 2 is 1.59 bits per heavy atom. The maximum atomic E-state index is 12.0. The Hall–Kier alpha value is -1.30. The molecule has 0 bridgehead atoms. The zero-order valence-electron chi connectivity index (χ0n) is 14.0. The minimum Gasteiger partial charge on any atom is -0.444 e. The van der Waals surface area contributed by atoms with Crippen molar-refractivity contribution in [2.24, 2.45) is 0 Å². The minimum atomic E-state index is -0.466. The predicted octanol–water partition coefficient (Wildman–Crippen LogP) is 2.02. The fourth-order valence-corrected chi connectivity index (χ4v) is 2.78. The van der Waals surface area contributed by atoms with Gasteiger partial charge in [0.1, 0.15) is 12.2 Å². The van der Waals surface area contributed by atoms with Gasteiger partial charge in [-0.3, -0.25) is 4.79 Å². The first-order valence-electron chi connectivity index (χ1n) is 8.22. The molecule has 0 aromatic carbocycles. The van der Waals surface area contributed by atoms with Crippen molar-refractivity contribution in [3.05, 3.63) is 0 Å². The van der Waals surface area contributed by atoms with E-state index in [2.05, 4.69) is 0 Å². The van der Waals surface area contributed by atoms with Crippen LogP contribution in [0.4, 0.5) is 4.79 Å². The van der Waals surface area contributed by atoms with E-state index >= 15 is 0 Å². The van der Waals surface area contributed by atoms with Crippen LogP contribution < -0.4 is 0 Å². The molecule has 0 atom stereocenters. The molecule has 22 heavy (non-hydrogen) atoms. The highest BCUT2D eigenvalue weighted by molar-refractivity contribution is 5.77. The van der Waals surface area contributed by atoms with E-state index in [-0.39, 0.29) is 24.7 Å². The number of hydrogen-bond acceptors (Lipinski definition) is 4. The number of amides is 2. The number of carbonyl (C=O) groups excluding carboxylic acids is 2. The van der Waals surface area contributed by atoms with Crippen LogP contribution in [0.2, 0.25) is 0 Å². The van der Waals surface area contributed by atoms with Gasteiger partial charge in [-0.05, 0) is 46.5 Å². The Balaban J connectivity index is 1.66. The number of nitrogens with zero attached hydrogens (tertiary/aromatic N) is 2. The van der Waals surface area contributed by atoms with Crippen molar-refractivity contribution in [1.82, 2.24) is 9.80 Å². The second-order valence-corrected chi connectivity index (χ2v) is 7.07.